The fourth-order valence-electron chi connectivity index (χ4n) is 2.37. The molecule has 1 heterocycles. The van der Waals surface area contributed by atoms with Crippen molar-refractivity contribution in [3.63, 3.8) is 0 Å². The van der Waals surface area contributed by atoms with Crippen molar-refractivity contribution in [2.45, 2.75) is 18.9 Å². The molecule has 1 unspecified atom stereocenters. The Morgan fingerprint density at radius 1 is 1.22 bits per heavy atom. The SMILES string of the molecule is Cl.NCC(=O)NCC(=O)NC1CCCN(c2ccccc2)C1=O. The van der Waals surface area contributed by atoms with Gasteiger partial charge in [0.25, 0.3) is 0 Å². The molecule has 1 aliphatic heterocycles. The average molecular weight is 341 g/mol. The zero-order valence-electron chi connectivity index (χ0n) is 12.7. The van der Waals surface area contributed by atoms with Crippen molar-refractivity contribution >= 4 is 35.8 Å². The van der Waals surface area contributed by atoms with E-state index in [0.29, 0.717) is 13.0 Å². The zero-order chi connectivity index (χ0) is 15.9. The van der Waals surface area contributed by atoms with Gasteiger partial charge in [0.15, 0.2) is 0 Å². The smallest absolute Gasteiger partial charge is 0.249 e. The van der Waals surface area contributed by atoms with Crippen molar-refractivity contribution in [3.8, 4) is 0 Å². The van der Waals surface area contributed by atoms with Gasteiger partial charge in [-0.3, -0.25) is 14.4 Å². The zero-order valence-corrected chi connectivity index (χ0v) is 13.5. The summed E-state index contributed by atoms with van der Waals surface area (Å²) in [5, 5.41) is 5.04. The molecule has 1 fully saturated rings. The van der Waals surface area contributed by atoms with E-state index in [-0.39, 0.29) is 31.4 Å². The lowest BCUT2D eigenvalue weighted by Gasteiger charge is -2.32. The number of piperidine rings is 1. The Labute approximate surface area is 141 Å². The van der Waals surface area contributed by atoms with Crippen LogP contribution < -0.4 is 21.3 Å². The van der Waals surface area contributed by atoms with Crippen LogP contribution in [0.2, 0.25) is 0 Å². The molecule has 0 bridgehead atoms. The second kappa shape index (κ2) is 9.12. The largest absolute Gasteiger partial charge is 0.346 e. The summed E-state index contributed by atoms with van der Waals surface area (Å²) in [4.78, 5) is 36.9. The predicted octanol–water partition coefficient (Wildman–Crippen LogP) is -0.205. The van der Waals surface area contributed by atoms with Crippen molar-refractivity contribution in [1.29, 1.82) is 0 Å². The van der Waals surface area contributed by atoms with Crippen LogP contribution in [0.3, 0.4) is 0 Å². The minimum Gasteiger partial charge on any atom is -0.346 e. The predicted molar refractivity (Wildman–Crippen MR) is 89.3 cm³/mol. The summed E-state index contributed by atoms with van der Waals surface area (Å²) >= 11 is 0. The molecule has 0 spiro atoms. The maximum Gasteiger partial charge on any atom is 0.249 e. The Hall–Kier alpha value is -2.12. The number of hydrogen-bond donors (Lipinski definition) is 3. The third-order valence-electron chi connectivity index (χ3n) is 3.47. The lowest BCUT2D eigenvalue weighted by atomic mass is 10.0. The van der Waals surface area contributed by atoms with Gasteiger partial charge in [0.05, 0.1) is 13.1 Å². The molecule has 1 aromatic carbocycles. The summed E-state index contributed by atoms with van der Waals surface area (Å²) in [6, 6.07) is 8.79. The van der Waals surface area contributed by atoms with E-state index in [2.05, 4.69) is 10.6 Å². The van der Waals surface area contributed by atoms with Crippen LogP contribution in [0.15, 0.2) is 30.3 Å². The molecule has 0 radical (unpaired) electrons. The summed E-state index contributed by atoms with van der Waals surface area (Å²) in [7, 11) is 0. The van der Waals surface area contributed by atoms with Crippen LogP contribution in [0.25, 0.3) is 0 Å². The number of para-hydroxylation sites is 1. The molecule has 1 saturated heterocycles. The van der Waals surface area contributed by atoms with Gasteiger partial charge >= 0.3 is 0 Å². The van der Waals surface area contributed by atoms with E-state index in [1.807, 2.05) is 30.3 Å². The highest BCUT2D eigenvalue weighted by Crippen LogP contribution is 2.20. The fourth-order valence-corrected chi connectivity index (χ4v) is 2.37. The molecule has 1 aromatic rings. The Morgan fingerprint density at radius 3 is 2.57 bits per heavy atom. The maximum absolute atomic E-state index is 12.5. The van der Waals surface area contributed by atoms with Crippen LogP contribution in [-0.4, -0.2) is 43.4 Å². The van der Waals surface area contributed by atoms with E-state index in [1.165, 1.54) is 0 Å². The Balaban J connectivity index is 0.00000264. The third-order valence-corrected chi connectivity index (χ3v) is 3.47. The van der Waals surface area contributed by atoms with Crippen molar-refractivity contribution in [2.24, 2.45) is 5.73 Å². The van der Waals surface area contributed by atoms with Crippen LogP contribution in [0, 0.1) is 0 Å². The minimum atomic E-state index is -0.559. The first-order chi connectivity index (χ1) is 10.6. The van der Waals surface area contributed by atoms with E-state index in [1.54, 1.807) is 4.90 Å². The minimum absolute atomic E-state index is 0. The van der Waals surface area contributed by atoms with Crippen LogP contribution in [0.4, 0.5) is 5.69 Å². The molecule has 1 aliphatic rings. The summed E-state index contributed by atoms with van der Waals surface area (Å²) < 4.78 is 0. The van der Waals surface area contributed by atoms with Gasteiger partial charge < -0.3 is 21.3 Å². The highest BCUT2D eigenvalue weighted by Gasteiger charge is 2.30. The number of carbonyl (C=O) groups excluding carboxylic acids is 3. The quantitative estimate of drug-likeness (QED) is 0.690. The molecular weight excluding hydrogens is 320 g/mol. The van der Waals surface area contributed by atoms with E-state index in [9.17, 15) is 14.4 Å². The molecule has 0 saturated carbocycles. The number of benzene rings is 1. The Bertz CT molecular complexity index is 553. The first-order valence-electron chi connectivity index (χ1n) is 7.24. The average Bonchev–Trinajstić information content (AvgIpc) is 2.55. The topological polar surface area (TPSA) is 105 Å². The highest BCUT2D eigenvalue weighted by atomic mass is 35.5. The molecule has 7 nitrogen and oxygen atoms in total. The lowest BCUT2D eigenvalue weighted by Crippen LogP contribution is -2.54. The second-order valence-electron chi connectivity index (χ2n) is 5.07. The van der Waals surface area contributed by atoms with E-state index in [0.717, 1.165) is 12.1 Å². The number of rotatable bonds is 5. The van der Waals surface area contributed by atoms with Crippen molar-refractivity contribution in [3.05, 3.63) is 30.3 Å². The summed E-state index contributed by atoms with van der Waals surface area (Å²) in [5.74, 6) is -0.929. The second-order valence-corrected chi connectivity index (χ2v) is 5.07. The van der Waals surface area contributed by atoms with Crippen molar-refractivity contribution in [1.82, 2.24) is 10.6 Å². The molecule has 0 aromatic heterocycles. The molecule has 2 rings (SSSR count). The summed E-state index contributed by atoms with van der Waals surface area (Å²) in [6.45, 7) is 0.293. The summed E-state index contributed by atoms with van der Waals surface area (Å²) in [5.41, 5.74) is 5.96. The van der Waals surface area contributed by atoms with Gasteiger partial charge in [-0.1, -0.05) is 18.2 Å². The number of nitrogens with two attached hydrogens (primary N) is 1. The van der Waals surface area contributed by atoms with E-state index >= 15 is 0 Å². The van der Waals surface area contributed by atoms with E-state index < -0.39 is 17.9 Å². The fraction of sp³-hybridized carbons (Fsp3) is 0.400. The van der Waals surface area contributed by atoms with Gasteiger partial charge in [0, 0.05) is 12.2 Å². The number of carbonyl (C=O) groups is 3. The molecular formula is C15H21ClN4O3. The number of hydrogen-bond acceptors (Lipinski definition) is 4. The van der Waals surface area contributed by atoms with Crippen LogP contribution in [-0.2, 0) is 14.4 Å². The standard InChI is InChI=1S/C15H20N4O3.ClH/c16-9-13(20)17-10-14(21)18-12-7-4-8-19(15(12)22)11-5-2-1-3-6-11;/h1-3,5-6,12H,4,7-10,16H2,(H,17,20)(H,18,21);1H. The van der Waals surface area contributed by atoms with Crippen LogP contribution >= 0.6 is 12.4 Å². The molecule has 3 amide bonds. The van der Waals surface area contributed by atoms with Gasteiger partial charge in [-0.15, -0.1) is 12.4 Å². The van der Waals surface area contributed by atoms with E-state index in [4.69, 9.17) is 5.73 Å². The first-order valence-corrected chi connectivity index (χ1v) is 7.24. The number of anilines is 1. The van der Waals surface area contributed by atoms with Gasteiger partial charge in [-0.05, 0) is 25.0 Å². The van der Waals surface area contributed by atoms with Crippen LogP contribution in [0.5, 0.6) is 0 Å². The molecule has 126 valence electrons. The van der Waals surface area contributed by atoms with Crippen molar-refractivity contribution < 1.29 is 14.4 Å². The maximum atomic E-state index is 12.5. The molecule has 8 heteroatoms. The number of nitrogens with zero attached hydrogens (tertiary/aromatic N) is 1. The molecule has 4 N–H and O–H groups in total. The molecule has 0 aliphatic carbocycles. The van der Waals surface area contributed by atoms with Crippen molar-refractivity contribution in [2.75, 3.05) is 24.5 Å². The normalized spacial score (nSPS) is 17.2. The van der Waals surface area contributed by atoms with Crippen LogP contribution in [0.1, 0.15) is 12.8 Å². The van der Waals surface area contributed by atoms with Gasteiger partial charge in [0.2, 0.25) is 17.7 Å². The van der Waals surface area contributed by atoms with Gasteiger partial charge in [0.1, 0.15) is 6.04 Å². The monoisotopic (exact) mass is 340 g/mol. The van der Waals surface area contributed by atoms with Gasteiger partial charge in [-0.2, -0.15) is 0 Å². The number of nitrogens with one attached hydrogen (secondary N) is 2. The summed E-state index contributed by atoms with van der Waals surface area (Å²) in [6.07, 6.45) is 1.40. The number of amides is 3. The lowest BCUT2D eigenvalue weighted by molar-refractivity contribution is -0.129. The number of halogens is 1. The Kier molecular flexibility index (Phi) is 7.50. The Morgan fingerprint density at radius 2 is 1.91 bits per heavy atom. The van der Waals surface area contributed by atoms with Gasteiger partial charge in [-0.25, -0.2) is 0 Å². The molecule has 1 atom stereocenters. The third kappa shape index (κ3) is 5.22. The first kappa shape index (κ1) is 18.9. The molecule has 23 heavy (non-hydrogen) atoms. The highest BCUT2D eigenvalue weighted by molar-refractivity contribution is 6.00.